The SMILES string of the molecule is Cc1ccc(N2c3ccccc3C(=O)CC(=O)c3ccccc32)c(Cl)c1. The van der Waals surface area contributed by atoms with Crippen LogP contribution in [-0.2, 0) is 0 Å². The first-order valence-electron chi connectivity index (χ1n) is 8.37. The Balaban J connectivity index is 2.07. The molecule has 1 aliphatic heterocycles. The number of anilines is 3. The number of carbonyl (C=O) groups excluding carboxylic acids is 2. The van der Waals surface area contributed by atoms with E-state index < -0.39 is 0 Å². The van der Waals surface area contributed by atoms with E-state index in [-0.39, 0.29) is 18.0 Å². The zero-order valence-corrected chi connectivity index (χ0v) is 15.0. The summed E-state index contributed by atoms with van der Waals surface area (Å²) in [6.45, 7) is 1.97. The number of benzene rings is 3. The smallest absolute Gasteiger partial charge is 0.172 e. The van der Waals surface area contributed by atoms with Crippen LogP contribution in [0, 0.1) is 6.92 Å². The van der Waals surface area contributed by atoms with Crippen molar-refractivity contribution in [1.82, 2.24) is 0 Å². The van der Waals surface area contributed by atoms with Gasteiger partial charge in [-0.3, -0.25) is 9.59 Å². The average molecular weight is 362 g/mol. The van der Waals surface area contributed by atoms with Gasteiger partial charge in [0.15, 0.2) is 11.6 Å². The molecule has 128 valence electrons. The van der Waals surface area contributed by atoms with Crippen molar-refractivity contribution in [1.29, 1.82) is 0 Å². The molecule has 3 nitrogen and oxygen atoms in total. The number of ketones is 2. The van der Waals surface area contributed by atoms with Gasteiger partial charge in [-0.25, -0.2) is 0 Å². The van der Waals surface area contributed by atoms with E-state index in [0.717, 1.165) is 22.6 Å². The Morgan fingerprint density at radius 3 is 1.85 bits per heavy atom. The van der Waals surface area contributed by atoms with Crippen LogP contribution >= 0.6 is 11.6 Å². The Hall–Kier alpha value is -2.91. The molecule has 0 spiro atoms. The fourth-order valence-corrected chi connectivity index (χ4v) is 3.65. The maximum atomic E-state index is 12.7. The molecule has 4 heteroatoms. The first-order chi connectivity index (χ1) is 12.6. The zero-order chi connectivity index (χ0) is 18.3. The van der Waals surface area contributed by atoms with Crippen molar-refractivity contribution in [2.45, 2.75) is 13.3 Å². The van der Waals surface area contributed by atoms with E-state index >= 15 is 0 Å². The highest BCUT2D eigenvalue weighted by atomic mass is 35.5. The first kappa shape index (κ1) is 16.6. The summed E-state index contributed by atoms with van der Waals surface area (Å²) in [6, 6.07) is 20.4. The van der Waals surface area contributed by atoms with Crippen LogP contribution in [0.4, 0.5) is 17.1 Å². The second-order valence-electron chi connectivity index (χ2n) is 6.35. The summed E-state index contributed by atoms with van der Waals surface area (Å²) < 4.78 is 0. The summed E-state index contributed by atoms with van der Waals surface area (Å²) in [4.78, 5) is 27.3. The quantitative estimate of drug-likeness (QED) is 0.507. The number of rotatable bonds is 1. The van der Waals surface area contributed by atoms with Crippen molar-refractivity contribution in [3.8, 4) is 0 Å². The van der Waals surface area contributed by atoms with Crippen LogP contribution in [-0.4, -0.2) is 11.6 Å². The normalized spacial score (nSPS) is 13.7. The molecule has 0 aliphatic carbocycles. The Labute approximate surface area is 156 Å². The van der Waals surface area contributed by atoms with Crippen molar-refractivity contribution < 1.29 is 9.59 Å². The first-order valence-corrected chi connectivity index (χ1v) is 8.75. The van der Waals surface area contributed by atoms with E-state index in [2.05, 4.69) is 0 Å². The molecule has 0 saturated heterocycles. The van der Waals surface area contributed by atoms with Gasteiger partial charge in [0, 0.05) is 11.1 Å². The highest BCUT2D eigenvalue weighted by Gasteiger charge is 2.28. The van der Waals surface area contributed by atoms with Gasteiger partial charge in [-0.15, -0.1) is 0 Å². The summed E-state index contributed by atoms with van der Waals surface area (Å²) >= 11 is 6.55. The molecule has 0 radical (unpaired) electrons. The highest BCUT2D eigenvalue weighted by Crippen LogP contribution is 2.43. The maximum absolute atomic E-state index is 12.7. The van der Waals surface area contributed by atoms with Gasteiger partial charge in [-0.05, 0) is 48.9 Å². The Morgan fingerprint density at radius 2 is 1.31 bits per heavy atom. The predicted octanol–water partition coefficient (Wildman–Crippen LogP) is 5.89. The maximum Gasteiger partial charge on any atom is 0.172 e. The van der Waals surface area contributed by atoms with Gasteiger partial charge in [0.25, 0.3) is 0 Å². The van der Waals surface area contributed by atoms with E-state index in [1.807, 2.05) is 66.4 Å². The Kier molecular flexibility index (Phi) is 4.09. The number of fused-ring (bicyclic) bond motifs is 2. The Morgan fingerprint density at radius 1 is 0.769 bits per heavy atom. The summed E-state index contributed by atoms with van der Waals surface area (Å²) in [7, 11) is 0. The minimum absolute atomic E-state index is 0.135. The van der Waals surface area contributed by atoms with E-state index in [0.29, 0.717) is 16.1 Å². The molecule has 3 aromatic rings. The minimum atomic E-state index is -0.187. The number of Topliss-reactive ketones (excluding diaryl/α,β-unsaturated/α-hetero) is 2. The number of hydrogen-bond acceptors (Lipinski definition) is 3. The molecule has 0 fully saturated rings. The van der Waals surface area contributed by atoms with Crippen LogP contribution in [0.2, 0.25) is 5.02 Å². The van der Waals surface area contributed by atoms with Gasteiger partial charge in [-0.2, -0.15) is 0 Å². The van der Waals surface area contributed by atoms with Gasteiger partial charge >= 0.3 is 0 Å². The lowest BCUT2D eigenvalue weighted by Crippen LogP contribution is -2.22. The number of halogens is 1. The van der Waals surface area contributed by atoms with Gasteiger partial charge in [0.1, 0.15) is 0 Å². The number of carbonyl (C=O) groups is 2. The molecule has 0 aromatic heterocycles. The van der Waals surface area contributed by atoms with Gasteiger partial charge in [0.2, 0.25) is 0 Å². The molecule has 4 rings (SSSR count). The molecular formula is C22H16ClNO2. The summed E-state index contributed by atoms with van der Waals surface area (Å²) in [5.41, 5.74) is 4.27. The van der Waals surface area contributed by atoms with Gasteiger partial charge < -0.3 is 4.90 Å². The van der Waals surface area contributed by atoms with Crippen LogP contribution in [0.5, 0.6) is 0 Å². The molecule has 0 saturated carbocycles. The van der Waals surface area contributed by atoms with E-state index in [4.69, 9.17) is 11.6 Å². The largest absolute Gasteiger partial charge is 0.308 e. The van der Waals surface area contributed by atoms with Crippen molar-refractivity contribution in [3.63, 3.8) is 0 Å². The molecule has 1 heterocycles. The number of hydrogen-bond donors (Lipinski definition) is 0. The average Bonchev–Trinajstić information content (AvgIpc) is 2.63. The molecule has 26 heavy (non-hydrogen) atoms. The number of para-hydroxylation sites is 2. The van der Waals surface area contributed by atoms with Gasteiger partial charge in [0.05, 0.1) is 28.5 Å². The van der Waals surface area contributed by atoms with Gasteiger partial charge in [-0.1, -0.05) is 41.9 Å². The second kappa shape index (κ2) is 6.43. The Bertz CT molecular complexity index is 984. The monoisotopic (exact) mass is 361 g/mol. The molecule has 0 atom stereocenters. The molecule has 1 aliphatic rings. The number of aryl methyl sites for hydroxylation is 1. The fraction of sp³-hybridized carbons (Fsp3) is 0.0909. The predicted molar refractivity (Wildman–Crippen MR) is 104 cm³/mol. The number of nitrogens with zero attached hydrogens (tertiary/aromatic N) is 1. The van der Waals surface area contributed by atoms with Crippen molar-refractivity contribution in [2.24, 2.45) is 0 Å². The zero-order valence-electron chi connectivity index (χ0n) is 14.2. The second-order valence-corrected chi connectivity index (χ2v) is 6.75. The molecule has 0 bridgehead atoms. The molecule has 0 unspecified atom stereocenters. The van der Waals surface area contributed by atoms with E-state index in [1.54, 1.807) is 12.1 Å². The summed E-state index contributed by atoms with van der Waals surface area (Å²) in [5.74, 6) is -0.373. The lowest BCUT2D eigenvalue weighted by atomic mass is 9.94. The van der Waals surface area contributed by atoms with E-state index in [1.165, 1.54) is 0 Å². The molecule has 0 amide bonds. The van der Waals surface area contributed by atoms with Crippen molar-refractivity contribution in [2.75, 3.05) is 4.90 Å². The molecule has 0 N–H and O–H groups in total. The van der Waals surface area contributed by atoms with Crippen molar-refractivity contribution in [3.05, 3.63) is 88.4 Å². The lowest BCUT2D eigenvalue weighted by molar-refractivity contribution is 0.0894. The van der Waals surface area contributed by atoms with Crippen LogP contribution in [0.15, 0.2) is 66.7 Å². The minimum Gasteiger partial charge on any atom is -0.308 e. The standard InChI is InChI=1S/C22H16ClNO2/c1-14-10-11-20(17(23)12-14)24-18-8-4-2-6-15(18)21(25)13-22(26)16-7-3-5-9-19(16)24/h2-12H,13H2,1H3. The van der Waals surface area contributed by atoms with Crippen molar-refractivity contribution >= 4 is 40.2 Å². The van der Waals surface area contributed by atoms with E-state index in [9.17, 15) is 9.59 Å². The third kappa shape index (κ3) is 2.71. The fourth-order valence-electron chi connectivity index (χ4n) is 3.33. The highest BCUT2D eigenvalue weighted by molar-refractivity contribution is 6.34. The third-order valence-corrected chi connectivity index (χ3v) is 4.86. The molecule has 3 aromatic carbocycles. The molecular weight excluding hydrogens is 346 g/mol. The van der Waals surface area contributed by atoms with Crippen LogP contribution in [0.1, 0.15) is 32.7 Å². The topological polar surface area (TPSA) is 37.4 Å². The lowest BCUT2D eigenvalue weighted by Gasteiger charge is -2.31. The summed E-state index contributed by atoms with van der Waals surface area (Å²) in [5, 5.41) is 0.565. The van der Waals surface area contributed by atoms with Crippen LogP contribution in [0.25, 0.3) is 0 Å². The third-order valence-electron chi connectivity index (χ3n) is 4.56. The van der Waals surface area contributed by atoms with Crippen LogP contribution in [0.3, 0.4) is 0 Å². The summed E-state index contributed by atoms with van der Waals surface area (Å²) in [6.07, 6.45) is -0.135. The van der Waals surface area contributed by atoms with Crippen LogP contribution < -0.4 is 4.90 Å².